The molecule has 0 spiro atoms. The molecule has 0 unspecified atom stereocenters. The van der Waals surface area contributed by atoms with Gasteiger partial charge in [-0.2, -0.15) is 0 Å². The molecular weight excluding hydrogens is 266 g/mol. The van der Waals surface area contributed by atoms with E-state index in [0.717, 1.165) is 18.5 Å². The molecule has 0 bridgehead atoms. The zero-order valence-electron chi connectivity index (χ0n) is 13.3. The molecule has 1 saturated heterocycles. The Bertz CT molecular complexity index is 490. The molecule has 1 amide bonds. The Balaban J connectivity index is 2.09. The standard InChI is InChI=1S/C17H25NO3/c1-12-9-10-18(16(20)21-17(2,3)4)11-15(12)13-5-7-14(19)8-6-13/h5-8,12,15,19H,9-11H2,1-4H3/t12-,15+/m1/s1. The normalized spacial score (nSPS) is 23.0. The van der Waals surface area contributed by atoms with Crippen LogP contribution in [0.15, 0.2) is 24.3 Å². The summed E-state index contributed by atoms with van der Waals surface area (Å²) in [5.74, 6) is 1.06. The van der Waals surface area contributed by atoms with Gasteiger partial charge in [-0.05, 0) is 50.8 Å². The number of hydrogen-bond donors (Lipinski definition) is 1. The Morgan fingerprint density at radius 3 is 2.48 bits per heavy atom. The van der Waals surface area contributed by atoms with Crippen molar-refractivity contribution in [1.29, 1.82) is 0 Å². The summed E-state index contributed by atoms with van der Waals surface area (Å²) in [6.07, 6.45) is 0.725. The number of carbonyl (C=O) groups is 1. The fraction of sp³-hybridized carbons (Fsp3) is 0.588. The van der Waals surface area contributed by atoms with Crippen LogP contribution in [0.5, 0.6) is 5.75 Å². The lowest BCUT2D eigenvalue weighted by Crippen LogP contribution is -2.44. The van der Waals surface area contributed by atoms with E-state index in [-0.39, 0.29) is 17.8 Å². The van der Waals surface area contributed by atoms with E-state index in [1.165, 1.54) is 0 Å². The zero-order chi connectivity index (χ0) is 15.6. The molecule has 1 aliphatic heterocycles. The van der Waals surface area contributed by atoms with Gasteiger partial charge in [0.25, 0.3) is 0 Å². The van der Waals surface area contributed by atoms with Gasteiger partial charge in [-0.15, -0.1) is 0 Å². The van der Waals surface area contributed by atoms with E-state index < -0.39 is 5.60 Å². The van der Waals surface area contributed by atoms with Crippen molar-refractivity contribution in [3.8, 4) is 5.75 Å². The van der Waals surface area contributed by atoms with Gasteiger partial charge in [-0.25, -0.2) is 4.79 Å². The molecule has 0 aromatic heterocycles. The molecular formula is C17H25NO3. The van der Waals surface area contributed by atoms with Crippen molar-refractivity contribution < 1.29 is 14.6 Å². The summed E-state index contributed by atoms with van der Waals surface area (Å²) >= 11 is 0. The summed E-state index contributed by atoms with van der Waals surface area (Å²) < 4.78 is 5.46. The van der Waals surface area contributed by atoms with Gasteiger partial charge in [0.15, 0.2) is 0 Å². The topological polar surface area (TPSA) is 49.8 Å². The van der Waals surface area contributed by atoms with Gasteiger partial charge < -0.3 is 14.7 Å². The number of hydrogen-bond acceptors (Lipinski definition) is 3. The maximum atomic E-state index is 12.2. The van der Waals surface area contributed by atoms with Gasteiger partial charge in [0.2, 0.25) is 0 Å². The third kappa shape index (κ3) is 4.13. The molecule has 1 aromatic rings. The predicted octanol–water partition coefficient (Wildman–Crippen LogP) is 3.75. The number of likely N-dealkylation sites (tertiary alicyclic amines) is 1. The van der Waals surface area contributed by atoms with E-state index in [1.54, 1.807) is 17.0 Å². The van der Waals surface area contributed by atoms with Crippen LogP contribution in [0, 0.1) is 5.92 Å². The highest BCUT2D eigenvalue weighted by Crippen LogP contribution is 2.33. The Labute approximate surface area is 126 Å². The lowest BCUT2D eigenvalue weighted by Gasteiger charge is -2.38. The van der Waals surface area contributed by atoms with Crippen molar-refractivity contribution in [2.24, 2.45) is 5.92 Å². The number of benzene rings is 1. The maximum Gasteiger partial charge on any atom is 0.410 e. The average molecular weight is 291 g/mol. The third-order valence-electron chi connectivity index (χ3n) is 3.93. The zero-order valence-corrected chi connectivity index (χ0v) is 13.3. The molecule has 21 heavy (non-hydrogen) atoms. The molecule has 4 nitrogen and oxygen atoms in total. The summed E-state index contributed by atoms with van der Waals surface area (Å²) in [7, 11) is 0. The van der Waals surface area contributed by atoms with Crippen LogP contribution in [0.2, 0.25) is 0 Å². The first-order valence-electron chi connectivity index (χ1n) is 7.53. The third-order valence-corrected chi connectivity index (χ3v) is 3.93. The first kappa shape index (κ1) is 15.7. The Morgan fingerprint density at radius 2 is 1.90 bits per heavy atom. The molecule has 116 valence electrons. The number of nitrogens with zero attached hydrogens (tertiary/aromatic N) is 1. The van der Waals surface area contributed by atoms with Gasteiger partial charge in [0.05, 0.1) is 0 Å². The molecule has 4 heteroatoms. The van der Waals surface area contributed by atoms with Crippen molar-refractivity contribution >= 4 is 6.09 Å². The van der Waals surface area contributed by atoms with Crippen LogP contribution in [0.4, 0.5) is 4.79 Å². The molecule has 0 radical (unpaired) electrons. The molecule has 2 atom stereocenters. The number of phenolic OH excluding ortho intramolecular Hbond substituents is 1. The number of carbonyl (C=O) groups excluding carboxylic acids is 1. The molecule has 2 rings (SSSR count). The van der Waals surface area contributed by atoms with Crippen LogP contribution < -0.4 is 0 Å². The minimum Gasteiger partial charge on any atom is -0.508 e. The van der Waals surface area contributed by atoms with Crippen molar-refractivity contribution in [2.45, 2.75) is 45.6 Å². The lowest BCUT2D eigenvalue weighted by atomic mass is 9.82. The van der Waals surface area contributed by atoms with Crippen LogP contribution in [0.3, 0.4) is 0 Å². The van der Waals surface area contributed by atoms with Gasteiger partial charge in [-0.3, -0.25) is 0 Å². The second kappa shape index (κ2) is 5.96. The van der Waals surface area contributed by atoms with Gasteiger partial charge in [0, 0.05) is 19.0 Å². The monoisotopic (exact) mass is 291 g/mol. The second-order valence-electron chi connectivity index (χ2n) is 6.89. The highest BCUT2D eigenvalue weighted by Gasteiger charge is 2.32. The van der Waals surface area contributed by atoms with Gasteiger partial charge >= 0.3 is 6.09 Å². The van der Waals surface area contributed by atoms with E-state index in [1.807, 2.05) is 32.9 Å². The fourth-order valence-corrected chi connectivity index (χ4v) is 2.72. The Kier molecular flexibility index (Phi) is 4.45. The minimum absolute atomic E-state index is 0.238. The highest BCUT2D eigenvalue weighted by molar-refractivity contribution is 5.68. The predicted molar refractivity (Wildman–Crippen MR) is 82.4 cm³/mol. The van der Waals surface area contributed by atoms with Crippen LogP contribution in [0.1, 0.15) is 45.6 Å². The van der Waals surface area contributed by atoms with E-state index in [0.29, 0.717) is 12.5 Å². The molecule has 1 N–H and O–H groups in total. The van der Waals surface area contributed by atoms with Crippen molar-refractivity contribution in [2.75, 3.05) is 13.1 Å². The maximum absolute atomic E-state index is 12.2. The summed E-state index contributed by atoms with van der Waals surface area (Å²) in [6, 6.07) is 7.28. The summed E-state index contributed by atoms with van der Waals surface area (Å²) in [5, 5.41) is 9.40. The molecule has 1 heterocycles. The second-order valence-corrected chi connectivity index (χ2v) is 6.89. The number of ether oxygens (including phenoxy) is 1. The van der Waals surface area contributed by atoms with E-state index in [2.05, 4.69) is 6.92 Å². The molecule has 0 aliphatic carbocycles. The van der Waals surface area contributed by atoms with Crippen LogP contribution in [0.25, 0.3) is 0 Å². The van der Waals surface area contributed by atoms with Crippen LogP contribution in [-0.2, 0) is 4.74 Å². The molecule has 1 fully saturated rings. The number of aromatic hydroxyl groups is 1. The molecule has 1 aromatic carbocycles. The van der Waals surface area contributed by atoms with Crippen molar-refractivity contribution in [1.82, 2.24) is 4.90 Å². The van der Waals surface area contributed by atoms with E-state index >= 15 is 0 Å². The van der Waals surface area contributed by atoms with Crippen molar-refractivity contribution in [3.05, 3.63) is 29.8 Å². The summed E-state index contributed by atoms with van der Waals surface area (Å²) in [5.41, 5.74) is 0.697. The molecule has 1 aliphatic rings. The summed E-state index contributed by atoms with van der Waals surface area (Å²) in [4.78, 5) is 14.0. The quantitative estimate of drug-likeness (QED) is 0.857. The number of piperidine rings is 1. The smallest absolute Gasteiger partial charge is 0.410 e. The van der Waals surface area contributed by atoms with Gasteiger partial charge in [-0.1, -0.05) is 19.1 Å². The SMILES string of the molecule is C[C@@H]1CCN(C(=O)OC(C)(C)C)C[C@@H]1c1ccc(O)cc1. The highest BCUT2D eigenvalue weighted by atomic mass is 16.6. The van der Waals surface area contributed by atoms with E-state index in [9.17, 15) is 9.90 Å². The number of amides is 1. The Morgan fingerprint density at radius 1 is 1.29 bits per heavy atom. The number of phenols is 1. The molecule has 0 saturated carbocycles. The van der Waals surface area contributed by atoms with Crippen LogP contribution in [-0.4, -0.2) is 34.8 Å². The van der Waals surface area contributed by atoms with Gasteiger partial charge in [0.1, 0.15) is 11.4 Å². The summed E-state index contributed by atoms with van der Waals surface area (Å²) in [6.45, 7) is 9.27. The number of rotatable bonds is 1. The lowest BCUT2D eigenvalue weighted by molar-refractivity contribution is 0.0164. The first-order valence-corrected chi connectivity index (χ1v) is 7.53. The van der Waals surface area contributed by atoms with E-state index in [4.69, 9.17) is 4.74 Å². The largest absolute Gasteiger partial charge is 0.508 e. The fourth-order valence-electron chi connectivity index (χ4n) is 2.72. The van der Waals surface area contributed by atoms with Crippen molar-refractivity contribution in [3.63, 3.8) is 0 Å². The average Bonchev–Trinajstić information content (AvgIpc) is 2.38. The Hall–Kier alpha value is -1.71. The van der Waals surface area contributed by atoms with Crippen LogP contribution >= 0.6 is 0 Å². The minimum atomic E-state index is -0.464. The first-order chi connectivity index (χ1) is 9.76.